The monoisotopic (exact) mass is 470 g/mol. The second-order valence-corrected chi connectivity index (χ2v) is 12.2. The zero-order valence-electron chi connectivity index (χ0n) is 19.9. The van der Waals surface area contributed by atoms with Crippen LogP contribution in [0.4, 0.5) is 0 Å². The summed E-state index contributed by atoms with van der Waals surface area (Å²) in [5.74, 6) is -0.780. The maximum absolute atomic E-state index is 14.2. The van der Waals surface area contributed by atoms with Crippen molar-refractivity contribution in [3.8, 4) is 0 Å². The molecular formula is C26H30O8. The summed E-state index contributed by atoms with van der Waals surface area (Å²) < 4.78 is 29.8. The van der Waals surface area contributed by atoms with Gasteiger partial charge < -0.3 is 23.4 Å². The highest BCUT2D eigenvalue weighted by atomic mass is 16.7. The number of ether oxygens (including phenoxy) is 4. The minimum Gasteiger partial charge on any atom is -0.472 e. The maximum Gasteiger partial charge on any atom is 0.339 e. The molecule has 2 spiro atoms. The Bertz CT molecular complexity index is 1120. The second kappa shape index (κ2) is 5.95. The standard InChI is InChI=1S/C26H30O8/c1-22(2)15-9-16(27)24(4)14(25(15)12-31-18(28)10-17(25)33-22)5-7-23(3)19(13-6-8-30-11-13)32-21(29)20-26(23,24)34-20/h6,8,11,14-15,17,19-20H,5,7,9-10,12H2,1-4H3/t14?,15?,17?,19-,20+,23-,24-,25?,26?/m0/s1. The Balaban J connectivity index is 1.41. The van der Waals surface area contributed by atoms with E-state index in [2.05, 4.69) is 6.92 Å². The summed E-state index contributed by atoms with van der Waals surface area (Å²) in [5, 5.41) is 0. The zero-order valence-corrected chi connectivity index (χ0v) is 19.9. The zero-order chi connectivity index (χ0) is 23.9. The number of hydrogen-bond donors (Lipinski definition) is 0. The van der Waals surface area contributed by atoms with Crippen molar-refractivity contribution >= 4 is 17.7 Å². The van der Waals surface area contributed by atoms with Crippen molar-refractivity contribution in [3.05, 3.63) is 24.2 Å². The van der Waals surface area contributed by atoms with Crippen molar-refractivity contribution in [3.63, 3.8) is 0 Å². The van der Waals surface area contributed by atoms with Crippen LogP contribution in [0.1, 0.15) is 65.0 Å². The quantitative estimate of drug-likeness (QED) is 0.455. The predicted octanol–water partition coefficient (Wildman–Crippen LogP) is 3.14. The normalized spacial score (nSPS) is 52.4. The van der Waals surface area contributed by atoms with Crippen molar-refractivity contribution in [2.24, 2.45) is 28.1 Å². The van der Waals surface area contributed by atoms with E-state index in [0.717, 1.165) is 12.0 Å². The van der Waals surface area contributed by atoms with Gasteiger partial charge in [-0.1, -0.05) is 6.92 Å². The van der Waals surface area contributed by atoms with Crippen molar-refractivity contribution in [2.45, 2.75) is 82.9 Å². The molecule has 0 amide bonds. The van der Waals surface area contributed by atoms with Gasteiger partial charge in [-0.2, -0.15) is 0 Å². The van der Waals surface area contributed by atoms with Crippen LogP contribution in [0.3, 0.4) is 0 Å². The number of Topliss-reactive ketones (excluding diaryl/α,β-unsaturated/α-hetero) is 1. The van der Waals surface area contributed by atoms with Crippen LogP contribution in [0.25, 0.3) is 0 Å². The fraction of sp³-hybridized carbons (Fsp3) is 0.731. The molecule has 0 N–H and O–H groups in total. The van der Waals surface area contributed by atoms with Crippen LogP contribution in [0.5, 0.6) is 0 Å². The van der Waals surface area contributed by atoms with Gasteiger partial charge >= 0.3 is 11.9 Å². The van der Waals surface area contributed by atoms with Gasteiger partial charge in [-0.15, -0.1) is 0 Å². The Morgan fingerprint density at radius 1 is 0.971 bits per heavy atom. The Morgan fingerprint density at radius 2 is 1.76 bits per heavy atom. The van der Waals surface area contributed by atoms with E-state index in [1.54, 1.807) is 12.5 Å². The van der Waals surface area contributed by atoms with Gasteiger partial charge in [0.2, 0.25) is 0 Å². The molecule has 5 unspecified atom stereocenters. The lowest BCUT2D eigenvalue weighted by Gasteiger charge is -2.65. The molecule has 0 bridgehead atoms. The molecule has 7 rings (SSSR count). The van der Waals surface area contributed by atoms with Gasteiger partial charge in [0.15, 0.2) is 6.10 Å². The third-order valence-electron chi connectivity index (χ3n) is 10.7. The largest absolute Gasteiger partial charge is 0.472 e. The lowest BCUT2D eigenvalue weighted by Crippen LogP contribution is -2.72. The van der Waals surface area contributed by atoms with Crippen LogP contribution in [-0.4, -0.2) is 47.7 Å². The van der Waals surface area contributed by atoms with E-state index >= 15 is 0 Å². The van der Waals surface area contributed by atoms with Gasteiger partial charge in [-0.05, 0) is 45.6 Å². The molecule has 8 heteroatoms. The topological polar surface area (TPSA) is 105 Å². The summed E-state index contributed by atoms with van der Waals surface area (Å²) in [4.78, 5) is 39.7. The fourth-order valence-electron chi connectivity index (χ4n) is 9.34. The SMILES string of the molecule is CC1(C)OC2CC(=O)OCC23C1CC(=O)[C@]1(C)C3CC[C@@]2(C)[C@H](c3ccoc3)OC(=O)[C@H]3OC321. The van der Waals surface area contributed by atoms with E-state index in [0.29, 0.717) is 12.8 Å². The number of epoxide rings is 1. The molecule has 0 radical (unpaired) electrons. The number of fused-ring (bicyclic) bond motifs is 1. The number of carbonyl (C=O) groups excluding carboxylic acids is 3. The first-order valence-electron chi connectivity index (χ1n) is 12.3. The Hall–Kier alpha value is -2.19. The van der Waals surface area contributed by atoms with E-state index in [9.17, 15) is 14.4 Å². The van der Waals surface area contributed by atoms with Crippen LogP contribution in [0, 0.1) is 28.1 Å². The first-order chi connectivity index (χ1) is 16.0. The molecule has 182 valence electrons. The molecule has 8 nitrogen and oxygen atoms in total. The number of esters is 2. The smallest absolute Gasteiger partial charge is 0.339 e. The number of carbonyl (C=O) groups is 3. The second-order valence-electron chi connectivity index (χ2n) is 12.2. The van der Waals surface area contributed by atoms with Crippen LogP contribution in [0.15, 0.2) is 23.0 Å². The molecule has 34 heavy (non-hydrogen) atoms. The van der Waals surface area contributed by atoms with Crippen molar-refractivity contribution in [1.29, 1.82) is 0 Å². The third kappa shape index (κ3) is 2.02. The third-order valence-corrected chi connectivity index (χ3v) is 10.7. The average molecular weight is 471 g/mol. The van der Waals surface area contributed by atoms with Gasteiger partial charge in [0.25, 0.3) is 0 Å². The molecular weight excluding hydrogens is 440 g/mol. The minimum atomic E-state index is -0.976. The maximum atomic E-state index is 14.2. The van der Waals surface area contributed by atoms with Crippen LogP contribution in [0.2, 0.25) is 0 Å². The number of ketones is 1. The first kappa shape index (κ1) is 21.1. The summed E-state index contributed by atoms with van der Waals surface area (Å²) in [6.07, 6.45) is 3.46. The van der Waals surface area contributed by atoms with E-state index < -0.39 is 45.6 Å². The van der Waals surface area contributed by atoms with E-state index in [1.807, 2.05) is 26.8 Å². The van der Waals surface area contributed by atoms with Crippen molar-refractivity contribution in [2.75, 3.05) is 6.61 Å². The number of rotatable bonds is 1. The molecule has 4 aliphatic heterocycles. The highest BCUT2D eigenvalue weighted by molar-refractivity contribution is 5.93. The molecule has 1 aromatic heterocycles. The molecule has 0 aromatic carbocycles. The van der Waals surface area contributed by atoms with Crippen LogP contribution >= 0.6 is 0 Å². The molecule has 5 heterocycles. The summed E-state index contributed by atoms with van der Waals surface area (Å²) in [6, 6.07) is 1.81. The number of hydrogen-bond acceptors (Lipinski definition) is 8. The summed E-state index contributed by atoms with van der Waals surface area (Å²) in [6.45, 7) is 8.36. The van der Waals surface area contributed by atoms with Gasteiger partial charge in [-0.25, -0.2) is 4.79 Å². The molecule has 2 aliphatic carbocycles. The first-order valence-corrected chi connectivity index (χ1v) is 12.3. The van der Waals surface area contributed by atoms with E-state index in [1.165, 1.54) is 0 Å². The molecule has 6 fully saturated rings. The van der Waals surface area contributed by atoms with Crippen LogP contribution in [-0.2, 0) is 33.3 Å². The highest BCUT2D eigenvalue weighted by Gasteiger charge is 2.89. The lowest BCUT2D eigenvalue weighted by atomic mass is 9.37. The van der Waals surface area contributed by atoms with Gasteiger partial charge in [0.1, 0.15) is 24.1 Å². The minimum absolute atomic E-state index is 0.0677. The Labute approximate surface area is 197 Å². The summed E-state index contributed by atoms with van der Waals surface area (Å²) in [5.41, 5.74) is -2.78. The molecule has 6 aliphatic rings. The van der Waals surface area contributed by atoms with Crippen LogP contribution < -0.4 is 0 Å². The molecule has 2 saturated carbocycles. The summed E-state index contributed by atoms with van der Waals surface area (Å²) >= 11 is 0. The van der Waals surface area contributed by atoms with Crippen molar-refractivity contribution in [1.82, 2.24) is 0 Å². The van der Waals surface area contributed by atoms with Gasteiger partial charge in [-0.3, -0.25) is 9.59 Å². The van der Waals surface area contributed by atoms with E-state index in [-0.39, 0.29) is 42.7 Å². The van der Waals surface area contributed by atoms with Gasteiger partial charge in [0, 0.05) is 28.7 Å². The number of cyclic esters (lactones) is 2. The fourth-order valence-corrected chi connectivity index (χ4v) is 9.34. The summed E-state index contributed by atoms with van der Waals surface area (Å²) in [7, 11) is 0. The lowest BCUT2D eigenvalue weighted by molar-refractivity contribution is -0.225. The molecule has 9 atom stereocenters. The Morgan fingerprint density at radius 3 is 2.50 bits per heavy atom. The number of furan rings is 1. The average Bonchev–Trinajstić information content (AvgIpc) is 3.26. The molecule has 4 saturated heterocycles. The van der Waals surface area contributed by atoms with E-state index in [4.69, 9.17) is 23.4 Å². The predicted molar refractivity (Wildman–Crippen MR) is 114 cm³/mol. The van der Waals surface area contributed by atoms with Gasteiger partial charge in [0.05, 0.1) is 36.1 Å². The highest BCUT2D eigenvalue weighted by Crippen LogP contribution is 2.79. The van der Waals surface area contributed by atoms with Crippen molar-refractivity contribution < 1.29 is 37.7 Å². The molecule has 1 aromatic rings. The Kier molecular flexibility index (Phi) is 3.70.